The van der Waals surface area contributed by atoms with Crippen LogP contribution in [-0.4, -0.2) is 33.7 Å². The Morgan fingerprint density at radius 1 is 1.11 bits per heavy atom. The van der Waals surface area contributed by atoms with Crippen LogP contribution in [0.1, 0.15) is 11.3 Å². The Bertz CT molecular complexity index is 1160. The minimum Gasteiger partial charge on any atom is -0.378 e. The summed E-state index contributed by atoms with van der Waals surface area (Å²) in [6, 6.07) is 13.3. The molecule has 6 nitrogen and oxygen atoms in total. The summed E-state index contributed by atoms with van der Waals surface area (Å²) in [5.74, 6) is 0. The molecule has 0 radical (unpaired) electrons. The van der Waals surface area contributed by atoms with E-state index in [1.54, 1.807) is 12.4 Å². The van der Waals surface area contributed by atoms with Crippen LogP contribution in [0.15, 0.2) is 59.7 Å². The van der Waals surface area contributed by atoms with Crippen molar-refractivity contribution in [2.24, 2.45) is 0 Å². The number of fused-ring (bicyclic) bond motifs is 1. The van der Waals surface area contributed by atoms with Crippen LogP contribution in [0.5, 0.6) is 0 Å². The van der Waals surface area contributed by atoms with Gasteiger partial charge in [0.1, 0.15) is 5.01 Å². The van der Waals surface area contributed by atoms with E-state index in [2.05, 4.69) is 15.1 Å². The molecule has 0 spiro atoms. The largest absolute Gasteiger partial charge is 0.378 e. The molecule has 0 bridgehead atoms. The summed E-state index contributed by atoms with van der Waals surface area (Å²) in [4.78, 5) is 23.6. The topological polar surface area (TPSA) is 63.4 Å². The van der Waals surface area contributed by atoms with Gasteiger partial charge in [0.15, 0.2) is 0 Å². The van der Waals surface area contributed by atoms with Crippen molar-refractivity contribution in [3.63, 3.8) is 0 Å². The molecule has 0 unspecified atom stereocenters. The lowest BCUT2D eigenvalue weighted by Crippen LogP contribution is -2.14. The molecule has 3 heterocycles. The van der Waals surface area contributed by atoms with Crippen LogP contribution in [0.3, 0.4) is 0 Å². The lowest BCUT2D eigenvalue weighted by atomic mass is 10.2. The van der Waals surface area contributed by atoms with Gasteiger partial charge in [0, 0.05) is 43.8 Å². The zero-order chi connectivity index (χ0) is 18.8. The lowest BCUT2D eigenvalue weighted by Gasteiger charge is -2.11. The Balaban J connectivity index is 1.69. The zero-order valence-corrected chi connectivity index (χ0v) is 15.7. The first-order valence-corrected chi connectivity index (χ1v) is 9.18. The molecule has 0 aliphatic heterocycles. The monoisotopic (exact) mass is 375 g/mol. The second kappa shape index (κ2) is 7.13. The Hall–Kier alpha value is -3.32. The van der Waals surface area contributed by atoms with E-state index in [1.807, 2.05) is 67.5 Å². The highest BCUT2D eigenvalue weighted by atomic mass is 32.1. The summed E-state index contributed by atoms with van der Waals surface area (Å²) in [5, 5.41) is 5.19. The highest BCUT2D eigenvalue weighted by Crippen LogP contribution is 2.26. The summed E-state index contributed by atoms with van der Waals surface area (Å²) in [6.45, 7) is 0. The molecule has 0 amide bonds. The number of hydrogen-bond acceptors (Lipinski definition) is 6. The van der Waals surface area contributed by atoms with E-state index in [1.165, 1.54) is 21.9 Å². The zero-order valence-electron chi connectivity index (χ0n) is 14.9. The first kappa shape index (κ1) is 17.1. The fourth-order valence-electron chi connectivity index (χ4n) is 2.59. The molecule has 7 heteroatoms. The van der Waals surface area contributed by atoms with Crippen LogP contribution >= 0.6 is 11.3 Å². The van der Waals surface area contributed by atoms with Crippen molar-refractivity contribution in [2.45, 2.75) is 0 Å². The van der Waals surface area contributed by atoms with Crippen molar-refractivity contribution in [3.05, 3.63) is 76.5 Å². The average Bonchev–Trinajstić information content (AvgIpc) is 3.12. The molecule has 0 N–H and O–H groups in total. The normalized spacial score (nSPS) is 11.3. The second-order valence-electron chi connectivity index (χ2n) is 6.18. The summed E-state index contributed by atoms with van der Waals surface area (Å²) in [5.41, 5.74) is 3.42. The van der Waals surface area contributed by atoms with Gasteiger partial charge in [-0.05, 0) is 42.0 Å². The average molecular weight is 375 g/mol. The van der Waals surface area contributed by atoms with Crippen LogP contribution in [0.2, 0.25) is 0 Å². The molecule has 1 aromatic carbocycles. The van der Waals surface area contributed by atoms with Gasteiger partial charge in [0.25, 0.3) is 5.56 Å². The second-order valence-corrected chi connectivity index (χ2v) is 7.14. The van der Waals surface area contributed by atoms with Gasteiger partial charge in [-0.2, -0.15) is 9.61 Å². The first-order valence-electron chi connectivity index (χ1n) is 8.37. The molecular formula is C20H17N5OS. The molecule has 27 heavy (non-hydrogen) atoms. The SMILES string of the molecule is CN(C)c1ccc(-c2nn3c(=O)cc(/C=C/c4cccnc4)nc3s2)cc1. The molecule has 0 aliphatic rings. The van der Waals surface area contributed by atoms with E-state index < -0.39 is 0 Å². The third kappa shape index (κ3) is 3.63. The lowest BCUT2D eigenvalue weighted by molar-refractivity contribution is 0.901. The third-order valence-electron chi connectivity index (χ3n) is 4.03. The molecule has 3 aromatic heterocycles. The number of aromatic nitrogens is 4. The van der Waals surface area contributed by atoms with E-state index in [4.69, 9.17) is 0 Å². The van der Waals surface area contributed by atoms with Gasteiger partial charge in [-0.15, -0.1) is 0 Å². The Morgan fingerprint density at radius 3 is 2.63 bits per heavy atom. The van der Waals surface area contributed by atoms with Crippen molar-refractivity contribution in [1.29, 1.82) is 0 Å². The molecule has 0 aliphatic carbocycles. The Morgan fingerprint density at radius 2 is 1.93 bits per heavy atom. The van der Waals surface area contributed by atoms with Gasteiger partial charge >= 0.3 is 0 Å². The van der Waals surface area contributed by atoms with E-state index >= 15 is 0 Å². The van der Waals surface area contributed by atoms with E-state index in [0.29, 0.717) is 10.7 Å². The summed E-state index contributed by atoms with van der Waals surface area (Å²) >= 11 is 1.40. The minimum atomic E-state index is -0.196. The third-order valence-corrected chi connectivity index (χ3v) is 4.98. The highest BCUT2D eigenvalue weighted by molar-refractivity contribution is 7.19. The number of rotatable bonds is 4. The number of benzene rings is 1. The van der Waals surface area contributed by atoms with Gasteiger partial charge < -0.3 is 4.90 Å². The quantitative estimate of drug-likeness (QED) is 0.547. The van der Waals surface area contributed by atoms with Gasteiger partial charge in [-0.1, -0.05) is 23.5 Å². The van der Waals surface area contributed by atoms with Gasteiger partial charge in [-0.25, -0.2) is 4.98 Å². The van der Waals surface area contributed by atoms with Crippen LogP contribution in [-0.2, 0) is 0 Å². The highest BCUT2D eigenvalue weighted by Gasteiger charge is 2.10. The predicted octanol–water partition coefficient (Wildman–Crippen LogP) is 3.45. The maximum absolute atomic E-state index is 12.4. The fourth-order valence-corrected chi connectivity index (χ4v) is 3.51. The van der Waals surface area contributed by atoms with Crippen LogP contribution in [0.4, 0.5) is 5.69 Å². The van der Waals surface area contributed by atoms with Crippen molar-refractivity contribution in [3.8, 4) is 10.6 Å². The van der Waals surface area contributed by atoms with Crippen molar-refractivity contribution in [2.75, 3.05) is 19.0 Å². The summed E-state index contributed by atoms with van der Waals surface area (Å²) in [6.07, 6.45) is 7.17. The van der Waals surface area contributed by atoms with Crippen LogP contribution in [0.25, 0.3) is 27.7 Å². The van der Waals surface area contributed by atoms with E-state index in [0.717, 1.165) is 21.8 Å². The van der Waals surface area contributed by atoms with Gasteiger partial charge in [0.2, 0.25) is 4.96 Å². The molecule has 134 valence electrons. The molecule has 0 saturated heterocycles. The fraction of sp³-hybridized carbons (Fsp3) is 0.100. The summed E-state index contributed by atoms with van der Waals surface area (Å²) < 4.78 is 1.35. The molecule has 0 atom stereocenters. The van der Waals surface area contributed by atoms with E-state index in [-0.39, 0.29) is 5.56 Å². The number of nitrogens with zero attached hydrogens (tertiary/aromatic N) is 5. The van der Waals surface area contributed by atoms with Gasteiger partial charge in [-0.3, -0.25) is 9.78 Å². The number of anilines is 1. The molecule has 4 rings (SSSR count). The number of pyridine rings is 1. The summed E-state index contributed by atoms with van der Waals surface area (Å²) in [7, 11) is 3.99. The maximum Gasteiger partial charge on any atom is 0.275 e. The van der Waals surface area contributed by atoms with Gasteiger partial charge in [0.05, 0.1) is 5.69 Å². The van der Waals surface area contributed by atoms with Crippen molar-refractivity contribution >= 4 is 34.1 Å². The minimum absolute atomic E-state index is 0.196. The smallest absolute Gasteiger partial charge is 0.275 e. The first-order chi connectivity index (χ1) is 13.1. The van der Waals surface area contributed by atoms with E-state index in [9.17, 15) is 4.79 Å². The standard InChI is InChI=1S/C20H17N5OS/c1-24(2)17-9-6-15(7-10-17)19-23-25-18(26)12-16(22-20(25)27-19)8-5-14-4-3-11-21-13-14/h3-13H,1-2H3/b8-5+. The molecule has 0 fully saturated rings. The molecule has 4 aromatic rings. The number of hydrogen-bond donors (Lipinski definition) is 0. The Labute approximate surface area is 160 Å². The predicted molar refractivity (Wildman–Crippen MR) is 110 cm³/mol. The molecular weight excluding hydrogens is 358 g/mol. The van der Waals surface area contributed by atoms with Crippen molar-refractivity contribution in [1.82, 2.24) is 19.6 Å². The molecule has 0 saturated carbocycles. The van der Waals surface area contributed by atoms with Crippen LogP contribution < -0.4 is 10.5 Å². The van der Waals surface area contributed by atoms with Crippen LogP contribution in [0, 0.1) is 0 Å². The Kier molecular flexibility index (Phi) is 4.52. The van der Waals surface area contributed by atoms with Crippen molar-refractivity contribution < 1.29 is 0 Å². The maximum atomic E-state index is 12.4.